The number of hydrogen-bond donors (Lipinski definition) is 4. The molecule has 0 saturated heterocycles. The molecule has 2 unspecified atom stereocenters. The highest BCUT2D eigenvalue weighted by Crippen LogP contribution is 2.44. The normalized spacial score (nSPS) is 14.4. The van der Waals surface area contributed by atoms with Gasteiger partial charge in [-0.1, -0.05) is 66.7 Å². The molecule has 0 fully saturated rings. The van der Waals surface area contributed by atoms with E-state index in [1.54, 1.807) is 25.1 Å². The second kappa shape index (κ2) is 9.53. The number of nitrogens with one attached hydrogen (secondary N) is 1. The topological polar surface area (TPSA) is 99.0 Å². The zero-order chi connectivity index (χ0) is 22.7. The second-order valence-electron chi connectivity index (χ2n) is 8.01. The third-order valence-corrected chi connectivity index (χ3v) is 6.14. The lowest BCUT2D eigenvalue weighted by atomic mass is 9.96. The van der Waals surface area contributed by atoms with Gasteiger partial charge >= 0.3 is 6.09 Å². The molecule has 3 aromatic rings. The zero-order valence-corrected chi connectivity index (χ0v) is 17.9. The van der Waals surface area contributed by atoms with Crippen molar-refractivity contribution in [3.05, 3.63) is 94.5 Å². The van der Waals surface area contributed by atoms with Gasteiger partial charge in [0.15, 0.2) is 0 Å². The fourth-order valence-electron chi connectivity index (χ4n) is 4.35. The molecule has 0 saturated carbocycles. The number of ether oxygens (including phenoxy) is 1. The molecule has 6 heteroatoms. The number of aliphatic hydroxyl groups is 3. The van der Waals surface area contributed by atoms with Gasteiger partial charge < -0.3 is 25.4 Å². The minimum Gasteiger partial charge on any atom is -0.449 e. The quantitative estimate of drug-likeness (QED) is 0.458. The van der Waals surface area contributed by atoms with E-state index in [-0.39, 0.29) is 25.7 Å². The van der Waals surface area contributed by atoms with Gasteiger partial charge in [0.1, 0.15) is 18.8 Å². The fraction of sp³-hybridized carbons (Fsp3) is 0.269. The van der Waals surface area contributed by atoms with Crippen LogP contribution >= 0.6 is 0 Å². The maximum atomic E-state index is 12.3. The van der Waals surface area contributed by atoms with E-state index in [0.29, 0.717) is 16.7 Å². The Morgan fingerprint density at radius 1 is 0.969 bits per heavy atom. The van der Waals surface area contributed by atoms with Crippen LogP contribution < -0.4 is 5.32 Å². The standard InChI is InChI=1S/C26H27NO5/c1-16-17(14-28)7-6-12-18(16)25(30)24(29)13-27-26(31)32-15-23-21-10-4-2-8-19(21)20-9-3-5-11-22(20)23/h2-12,23-25,28-30H,13-15H2,1H3,(H,27,31). The van der Waals surface area contributed by atoms with Gasteiger partial charge in [0, 0.05) is 12.5 Å². The van der Waals surface area contributed by atoms with E-state index in [0.717, 1.165) is 22.3 Å². The van der Waals surface area contributed by atoms with Crippen LogP contribution in [0.1, 0.15) is 39.8 Å². The van der Waals surface area contributed by atoms with Crippen molar-refractivity contribution < 1.29 is 24.9 Å². The molecule has 3 aromatic carbocycles. The number of rotatable bonds is 7. The Morgan fingerprint density at radius 2 is 1.59 bits per heavy atom. The van der Waals surface area contributed by atoms with Gasteiger partial charge in [-0.15, -0.1) is 0 Å². The van der Waals surface area contributed by atoms with Gasteiger partial charge in [-0.05, 0) is 45.9 Å². The molecule has 2 atom stereocenters. The zero-order valence-electron chi connectivity index (χ0n) is 17.9. The maximum Gasteiger partial charge on any atom is 0.407 e. The molecule has 1 amide bonds. The number of hydrogen-bond acceptors (Lipinski definition) is 5. The van der Waals surface area contributed by atoms with E-state index in [2.05, 4.69) is 17.4 Å². The number of fused-ring (bicyclic) bond motifs is 3. The van der Waals surface area contributed by atoms with Crippen molar-refractivity contribution in [2.75, 3.05) is 13.2 Å². The van der Waals surface area contributed by atoms with Crippen molar-refractivity contribution in [3.8, 4) is 11.1 Å². The lowest BCUT2D eigenvalue weighted by Crippen LogP contribution is -2.36. The van der Waals surface area contributed by atoms with Crippen molar-refractivity contribution in [1.29, 1.82) is 0 Å². The van der Waals surface area contributed by atoms with Crippen LogP contribution in [-0.4, -0.2) is 40.7 Å². The first kappa shape index (κ1) is 22.0. The van der Waals surface area contributed by atoms with Crippen LogP contribution in [0.5, 0.6) is 0 Å². The minimum absolute atomic E-state index is 0.0486. The molecular formula is C26H27NO5. The molecule has 0 spiro atoms. The summed E-state index contributed by atoms with van der Waals surface area (Å²) in [5, 5.41) is 32.8. The first-order valence-corrected chi connectivity index (χ1v) is 10.7. The Balaban J connectivity index is 1.35. The van der Waals surface area contributed by atoms with Crippen molar-refractivity contribution in [2.24, 2.45) is 0 Å². The SMILES string of the molecule is Cc1c(CO)cccc1C(O)C(O)CNC(=O)OCC1c2ccccc2-c2ccccc21. The van der Waals surface area contributed by atoms with E-state index in [1.807, 2.05) is 36.4 Å². The largest absolute Gasteiger partial charge is 0.449 e. The average Bonchev–Trinajstić information content (AvgIpc) is 3.14. The summed E-state index contributed by atoms with van der Waals surface area (Å²) in [4.78, 5) is 12.3. The summed E-state index contributed by atoms with van der Waals surface area (Å²) >= 11 is 0. The summed E-state index contributed by atoms with van der Waals surface area (Å²) in [6.07, 6.45) is -3.07. The molecular weight excluding hydrogens is 406 g/mol. The molecule has 6 nitrogen and oxygen atoms in total. The smallest absolute Gasteiger partial charge is 0.407 e. The highest BCUT2D eigenvalue weighted by molar-refractivity contribution is 5.79. The van der Waals surface area contributed by atoms with E-state index < -0.39 is 18.3 Å². The predicted molar refractivity (Wildman–Crippen MR) is 121 cm³/mol. The summed E-state index contributed by atoms with van der Waals surface area (Å²) in [6.45, 7) is 1.63. The first-order chi connectivity index (χ1) is 15.5. The van der Waals surface area contributed by atoms with Gasteiger partial charge in [0.2, 0.25) is 0 Å². The summed E-state index contributed by atoms with van der Waals surface area (Å²) in [7, 11) is 0. The Kier molecular flexibility index (Phi) is 6.55. The van der Waals surface area contributed by atoms with Crippen LogP contribution in [-0.2, 0) is 11.3 Å². The molecule has 0 radical (unpaired) electrons. The van der Waals surface area contributed by atoms with E-state index in [4.69, 9.17) is 4.74 Å². The monoisotopic (exact) mass is 433 g/mol. The predicted octanol–water partition coefficient (Wildman–Crippen LogP) is 3.42. The van der Waals surface area contributed by atoms with Crippen LogP contribution in [0, 0.1) is 6.92 Å². The van der Waals surface area contributed by atoms with Crippen LogP contribution in [0.2, 0.25) is 0 Å². The Bertz CT molecular complexity index is 1070. The molecule has 4 rings (SSSR count). The highest BCUT2D eigenvalue weighted by Gasteiger charge is 2.29. The molecule has 0 aromatic heterocycles. The Hall–Kier alpha value is -3.19. The van der Waals surface area contributed by atoms with E-state index in [9.17, 15) is 20.1 Å². The van der Waals surface area contributed by atoms with Gasteiger partial charge in [0.25, 0.3) is 0 Å². The lowest BCUT2D eigenvalue weighted by Gasteiger charge is -2.21. The molecule has 0 heterocycles. The Morgan fingerprint density at radius 3 is 2.22 bits per heavy atom. The van der Waals surface area contributed by atoms with Crippen molar-refractivity contribution in [2.45, 2.75) is 31.7 Å². The van der Waals surface area contributed by atoms with E-state index in [1.165, 1.54) is 0 Å². The third-order valence-electron chi connectivity index (χ3n) is 6.14. The Labute approximate surface area is 187 Å². The number of benzene rings is 3. The second-order valence-corrected chi connectivity index (χ2v) is 8.01. The molecule has 166 valence electrons. The summed E-state index contributed by atoms with van der Waals surface area (Å²) in [5.74, 6) is -0.0486. The highest BCUT2D eigenvalue weighted by atomic mass is 16.5. The molecule has 32 heavy (non-hydrogen) atoms. The lowest BCUT2D eigenvalue weighted by molar-refractivity contribution is 0.0181. The average molecular weight is 434 g/mol. The van der Waals surface area contributed by atoms with Crippen LogP contribution in [0.4, 0.5) is 4.79 Å². The van der Waals surface area contributed by atoms with Gasteiger partial charge in [-0.25, -0.2) is 4.79 Å². The van der Waals surface area contributed by atoms with Crippen molar-refractivity contribution in [1.82, 2.24) is 5.32 Å². The number of carbonyl (C=O) groups is 1. The first-order valence-electron chi connectivity index (χ1n) is 10.7. The number of alkyl carbamates (subject to hydrolysis) is 1. The van der Waals surface area contributed by atoms with Crippen LogP contribution in [0.3, 0.4) is 0 Å². The molecule has 0 aliphatic heterocycles. The molecule has 1 aliphatic rings. The molecule has 0 bridgehead atoms. The van der Waals surface area contributed by atoms with Gasteiger partial charge in [-0.3, -0.25) is 0 Å². The summed E-state index contributed by atoms with van der Waals surface area (Å²) in [5.41, 5.74) is 6.44. The van der Waals surface area contributed by atoms with Crippen LogP contribution in [0.25, 0.3) is 11.1 Å². The number of amides is 1. The molecule has 4 N–H and O–H groups in total. The van der Waals surface area contributed by atoms with Crippen molar-refractivity contribution >= 4 is 6.09 Å². The summed E-state index contributed by atoms with van der Waals surface area (Å²) in [6, 6.07) is 21.3. The third kappa shape index (κ3) is 4.25. The fourth-order valence-corrected chi connectivity index (χ4v) is 4.35. The number of aliphatic hydroxyl groups excluding tert-OH is 3. The maximum absolute atomic E-state index is 12.3. The minimum atomic E-state index is -1.22. The molecule has 1 aliphatic carbocycles. The van der Waals surface area contributed by atoms with Gasteiger partial charge in [0.05, 0.1) is 6.61 Å². The van der Waals surface area contributed by atoms with Crippen molar-refractivity contribution in [3.63, 3.8) is 0 Å². The number of carbonyl (C=O) groups excluding carboxylic acids is 1. The van der Waals surface area contributed by atoms with Crippen LogP contribution in [0.15, 0.2) is 66.7 Å². The van der Waals surface area contributed by atoms with Gasteiger partial charge in [-0.2, -0.15) is 0 Å². The van der Waals surface area contributed by atoms with E-state index >= 15 is 0 Å². The summed E-state index contributed by atoms with van der Waals surface area (Å²) < 4.78 is 5.46.